The SMILES string of the molecule is COc1ccccc1-c1cccc(CN2CCC(O)C2)c1-c1ccccc1OC. The lowest BCUT2D eigenvalue weighted by Gasteiger charge is -2.22. The Balaban J connectivity index is 1.90. The highest BCUT2D eigenvalue weighted by atomic mass is 16.5. The van der Waals surface area contributed by atoms with Crippen molar-refractivity contribution in [2.24, 2.45) is 0 Å². The fraction of sp³-hybridized carbons (Fsp3) is 0.280. The van der Waals surface area contributed by atoms with Crippen LogP contribution < -0.4 is 9.47 Å². The molecule has 150 valence electrons. The smallest absolute Gasteiger partial charge is 0.126 e. The van der Waals surface area contributed by atoms with Crippen LogP contribution in [-0.2, 0) is 6.54 Å². The maximum absolute atomic E-state index is 9.97. The second kappa shape index (κ2) is 8.68. The molecule has 1 aliphatic rings. The number of aliphatic hydroxyl groups is 1. The standard InChI is InChI=1S/C25H27NO3/c1-28-23-12-5-3-9-20(23)21-11-7-8-18(16-26-15-14-19(27)17-26)25(21)22-10-4-6-13-24(22)29-2/h3-13,19,27H,14-17H2,1-2H3. The van der Waals surface area contributed by atoms with Gasteiger partial charge >= 0.3 is 0 Å². The molecule has 1 heterocycles. The predicted molar refractivity (Wildman–Crippen MR) is 116 cm³/mol. The second-order valence-corrected chi connectivity index (χ2v) is 7.42. The monoisotopic (exact) mass is 389 g/mol. The van der Waals surface area contributed by atoms with Crippen LogP contribution in [0.4, 0.5) is 0 Å². The van der Waals surface area contributed by atoms with Crippen LogP contribution in [-0.4, -0.2) is 43.4 Å². The molecule has 0 spiro atoms. The zero-order valence-electron chi connectivity index (χ0n) is 17.0. The van der Waals surface area contributed by atoms with E-state index in [0.717, 1.165) is 53.3 Å². The summed E-state index contributed by atoms with van der Waals surface area (Å²) in [7, 11) is 3.41. The number of aliphatic hydroxyl groups excluding tert-OH is 1. The molecule has 0 aromatic heterocycles. The lowest BCUT2D eigenvalue weighted by molar-refractivity contribution is 0.175. The summed E-state index contributed by atoms with van der Waals surface area (Å²) in [5, 5.41) is 9.97. The molecule has 0 saturated carbocycles. The van der Waals surface area contributed by atoms with Crippen molar-refractivity contribution in [2.75, 3.05) is 27.3 Å². The van der Waals surface area contributed by atoms with Crippen LogP contribution in [0.15, 0.2) is 66.7 Å². The maximum atomic E-state index is 9.97. The molecule has 1 N–H and O–H groups in total. The maximum Gasteiger partial charge on any atom is 0.126 e. The summed E-state index contributed by atoms with van der Waals surface area (Å²) in [5.74, 6) is 1.69. The third-order valence-corrected chi connectivity index (χ3v) is 5.57. The molecule has 1 aliphatic heterocycles. The molecule has 0 amide bonds. The molecule has 0 radical (unpaired) electrons. The minimum atomic E-state index is -0.234. The van der Waals surface area contributed by atoms with E-state index in [1.807, 2.05) is 36.4 Å². The van der Waals surface area contributed by atoms with E-state index in [2.05, 4.69) is 35.2 Å². The Morgan fingerprint density at radius 1 is 0.828 bits per heavy atom. The van der Waals surface area contributed by atoms with E-state index in [4.69, 9.17) is 9.47 Å². The quantitative estimate of drug-likeness (QED) is 0.669. The Morgan fingerprint density at radius 3 is 2.10 bits per heavy atom. The highest BCUT2D eigenvalue weighted by Crippen LogP contribution is 2.42. The van der Waals surface area contributed by atoms with Crippen molar-refractivity contribution in [3.05, 3.63) is 72.3 Å². The average Bonchev–Trinajstić information content (AvgIpc) is 3.18. The van der Waals surface area contributed by atoms with Gasteiger partial charge in [0, 0.05) is 30.8 Å². The summed E-state index contributed by atoms with van der Waals surface area (Å²) < 4.78 is 11.4. The Bertz CT molecular complexity index is 985. The average molecular weight is 389 g/mol. The van der Waals surface area contributed by atoms with Gasteiger partial charge in [-0.25, -0.2) is 0 Å². The van der Waals surface area contributed by atoms with Gasteiger partial charge in [-0.1, -0.05) is 54.6 Å². The summed E-state index contributed by atoms with van der Waals surface area (Å²) in [6, 6.07) is 22.7. The molecule has 3 aromatic carbocycles. The van der Waals surface area contributed by atoms with Crippen LogP contribution in [0.25, 0.3) is 22.3 Å². The van der Waals surface area contributed by atoms with Crippen LogP contribution in [0.5, 0.6) is 11.5 Å². The third kappa shape index (κ3) is 4.00. The van der Waals surface area contributed by atoms with Crippen LogP contribution >= 0.6 is 0 Å². The molecule has 1 atom stereocenters. The van der Waals surface area contributed by atoms with Crippen molar-refractivity contribution < 1.29 is 14.6 Å². The van der Waals surface area contributed by atoms with Gasteiger partial charge in [0.2, 0.25) is 0 Å². The molecular formula is C25H27NO3. The topological polar surface area (TPSA) is 41.9 Å². The first kappa shape index (κ1) is 19.5. The molecule has 1 fully saturated rings. The van der Waals surface area contributed by atoms with E-state index in [1.54, 1.807) is 14.2 Å². The number of hydrogen-bond donors (Lipinski definition) is 1. The number of β-amino-alcohol motifs (C(OH)–C–C–N with tert-alkyl or cyclic N) is 1. The zero-order valence-corrected chi connectivity index (χ0v) is 17.0. The van der Waals surface area contributed by atoms with E-state index >= 15 is 0 Å². The molecule has 4 nitrogen and oxygen atoms in total. The van der Waals surface area contributed by atoms with Gasteiger partial charge in [-0.2, -0.15) is 0 Å². The first-order valence-corrected chi connectivity index (χ1v) is 10.0. The van der Waals surface area contributed by atoms with E-state index in [1.165, 1.54) is 5.56 Å². The van der Waals surface area contributed by atoms with Gasteiger partial charge in [0.1, 0.15) is 11.5 Å². The van der Waals surface area contributed by atoms with Gasteiger partial charge in [0.15, 0.2) is 0 Å². The Hall–Kier alpha value is -2.82. The normalized spacial score (nSPS) is 16.7. The number of likely N-dealkylation sites (tertiary alicyclic amines) is 1. The molecule has 0 bridgehead atoms. The highest BCUT2D eigenvalue weighted by molar-refractivity contribution is 5.90. The molecule has 1 saturated heterocycles. The predicted octanol–water partition coefficient (Wildman–Crippen LogP) is 4.60. The molecule has 0 aliphatic carbocycles. The molecular weight excluding hydrogens is 362 g/mol. The van der Waals surface area contributed by atoms with Crippen molar-refractivity contribution in [3.8, 4) is 33.8 Å². The minimum Gasteiger partial charge on any atom is -0.496 e. The number of nitrogens with zero attached hydrogens (tertiary/aromatic N) is 1. The van der Waals surface area contributed by atoms with Crippen LogP contribution in [0.3, 0.4) is 0 Å². The molecule has 3 aromatic rings. The fourth-order valence-electron chi connectivity index (χ4n) is 4.19. The molecule has 29 heavy (non-hydrogen) atoms. The van der Waals surface area contributed by atoms with Gasteiger partial charge in [-0.3, -0.25) is 4.90 Å². The van der Waals surface area contributed by atoms with Gasteiger partial charge < -0.3 is 14.6 Å². The molecule has 4 heteroatoms. The Kier molecular flexibility index (Phi) is 5.84. The minimum absolute atomic E-state index is 0.234. The molecule has 1 unspecified atom stereocenters. The lowest BCUT2D eigenvalue weighted by atomic mass is 9.89. The summed E-state index contributed by atoms with van der Waals surface area (Å²) in [6.07, 6.45) is 0.595. The van der Waals surface area contributed by atoms with Crippen molar-refractivity contribution in [3.63, 3.8) is 0 Å². The summed E-state index contributed by atoms with van der Waals surface area (Å²) in [5.41, 5.74) is 5.59. The number of benzene rings is 3. The van der Waals surface area contributed by atoms with Crippen molar-refractivity contribution in [1.29, 1.82) is 0 Å². The summed E-state index contributed by atoms with van der Waals surface area (Å²) in [6.45, 7) is 2.41. The summed E-state index contributed by atoms with van der Waals surface area (Å²) >= 11 is 0. The number of para-hydroxylation sites is 2. The zero-order chi connectivity index (χ0) is 20.2. The number of rotatable bonds is 6. The first-order chi connectivity index (χ1) is 14.2. The lowest BCUT2D eigenvalue weighted by Crippen LogP contribution is -2.22. The molecule has 4 rings (SSSR count). The first-order valence-electron chi connectivity index (χ1n) is 10.0. The van der Waals surface area contributed by atoms with Crippen LogP contribution in [0.2, 0.25) is 0 Å². The number of hydrogen-bond acceptors (Lipinski definition) is 4. The van der Waals surface area contributed by atoms with Crippen molar-refractivity contribution in [2.45, 2.75) is 19.1 Å². The van der Waals surface area contributed by atoms with Crippen LogP contribution in [0.1, 0.15) is 12.0 Å². The van der Waals surface area contributed by atoms with Crippen LogP contribution in [0, 0.1) is 0 Å². The third-order valence-electron chi connectivity index (χ3n) is 5.57. The van der Waals surface area contributed by atoms with E-state index in [0.29, 0.717) is 6.54 Å². The van der Waals surface area contributed by atoms with E-state index in [-0.39, 0.29) is 6.10 Å². The largest absolute Gasteiger partial charge is 0.496 e. The van der Waals surface area contributed by atoms with Crippen molar-refractivity contribution >= 4 is 0 Å². The van der Waals surface area contributed by atoms with E-state index in [9.17, 15) is 5.11 Å². The highest BCUT2D eigenvalue weighted by Gasteiger charge is 2.23. The summed E-state index contributed by atoms with van der Waals surface area (Å²) in [4.78, 5) is 2.31. The second-order valence-electron chi connectivity index (χ2n) is 7.42. The van der Waals surface area contributed by atoms with E-state index < -0.39 is 0 Å². The number of ether oxygens (including phenoxy) is 2. The Morgan fingerprint density at radius 2 is 1.45 bits per heavy atom. The number of methoxy groups -OCH3 is 2. The van der Waals surface area contributed by atoms with Gasteiger partial charge in [0.25, 0.3) is 0 Å². The van der Waals surface area contributed by atoms with Gasteiger partial charge in [-0.15, -0.1) is 0 Å². The fourth-order valence-corrected chi connectivity index (χ4v) is 4.19. The van der Waals surface area contributed by atoms with Gasteiger partial charge in [-0.05, 0) is 35.2 Å². The Labute approximate surface area is 172 Å². The van der Waals surface area contributed by atoms with Gasteiger partial charge in [0.05, 0.1) is 20.3 Å². The van der Waals surface area contributed by atoms with Crippen molar-refractivity contribution in [1.82, 2.24) is 4.90 Å².